The highest BCUT2D eigenvalue weighted by Crippen LogP contribution is 2.30. The first-order valence-electron chi connectivity index (χ1n) is 5.80. The van der Waals surface area contributed by atoms with Gasteiger partial charge in [0.15, 0.2) is 0 Å². The fraction of sp³-hybridized carbons (Fsp3) is 0.0833. The summed E-state index contributed by atoms with van der Waals surface area (Å²) in [5.41, 5.74) is 0.409. The van der Waals surface area contributed by atoms with E-state index in [-0.39, 0.29) is 15.1 Å². The molecule has 2 aromatic rings. The Hall–Kier alpha value is -1.26. The predicted molar refractivity (Wildman–Crippen MR) is 86.1 cm³/mol. The topological polar surface area (TPSA) is 106 Å². The Labute approximate surface area is 138 Å². The number of benzene rings is 1. The molecule has 0 fully saturated rings. The summed E-state index contributed by atoms with van der Waals surface area (Å²) >= 11 is 6.86. The van der Waals surface area contributed by atoms with Gasteiger partial charge in [-0.2, -0.15) is 0 Å². The number of nitrogens with two attached hydrogens (primary N) is 1. The minimum atomic E-state index is -3.82. The third-order valence-electron chi connectivity index (χ3n) is 2.49. The number of hydrogen-bond donors (Lipinski definition) is 2. The molecular formula is C12H11ClN2O4S3. The molecule has 0 aliphatic carbocycles. The third kappa shape index (κ3) is 3.93. The number of carbonyl (C=O) groups is 1. The lowest BCUT2D eigenvalue weighted by Crippen LogP contribution is -2.09. The van der Waals surface area contributed by atoms with Crippen LogP contribution in [0.25, 0.3) is 0 Å². The maximum atomic E-state index is 12.4. The van der Waals surface area contributed by atoms with Crippen LogP contribution in [0.1, 0.15) is 6.92 Å². The molecule has 0 unspecified atom stereocenters. The molecule has 1 aromatic heterocycles. The van der Waals surface area contributed by atoms with Crippen LogP contribution >= 0.6 is 22.9 Å². The van der Waals surface area contributed by atoms with E-state index >= 15 is 0 Å². The number of halogens is 1. The summed E-state index contributed by atoms with van der Waals surface area (Å²) in [7, 11) is -5.41. The van der Waals surface area contributed by atoms with Crippen molar-refractivity contribution in [3.63, 3.8) is 0 Å². The summed E-state index contributed by atoms with van der Waals surface area (Å²) in [5.74, 6) is -0.271. The molecular weight excluding hydrogens is 368 g/mol. The Morgan fingerprint density at radius 1 is 1.32 bits per heavy atom. The van der Waals surface area contributed by atoms with E-state index in [0.29, 0.717) is 14.8 Å². The van der Waals surface area contributed by atoms with Crippen LogP contribution in [0.4, 0.5) is 5.69 Å². The lowest BCUT2D eigenvalue weighted by molar-refractivity contribution is -0.114. The first-order valence-corrected chi connectivity index (χ1v) is 9.69. The highest BCUT2D eigenvalue weighted by atomic mass is 35.5. The molecule has 0 aliphatic rings. The summed E-state index contributed by atoms with van der Waals surface area (Å²) in [5, 5.41) is 7.80. The standard InChI is InChI=1S/C12H11ClN2O4S3/c1-7(16)15-10-3-2-8(6-9(10)13)21(17)11-4-5-12(20-11)22(14,18)19/h2-6H,1H3,(H,15,16)(H2,14,18,19)/t21-/m0/s1. The molecule has 22 heavy (non-hydrogen) atoms. The van der Waals surface area contributed by atoms with Gasteiger partial charge in [-0.1, -0.05) is 11.6 Å². The van der Waals surface area contributed by atoms with Gasteiger partial charge in [-0.3, -0.25) is 4.79 Å². The number of anilines is 1. The van der Waals surface area contributed by atoms with E-state index in [1.807, 2.05) is 0 Å². The molecule has 0 saturated carbocycles. The molecule has 2 rings (SSSR count). The van der Waals surface area contributed by atoms with Gasteiger partial charge in [0.1, 0.15) is 4.21 Å². The van der Waals surface area contributed by atoms with Crippen LogP contribution in [0.3, 0.4) is 0 Å². The zero-order chi connectivity index (χ0) is 16.5. The number of sulfonamides is 1. The SMILES string of the molecule is CC(=O)Nc1ccc([S@](=O)c2ccc(S(N)(=O)=O)s2)cc1Cl. The minimum absolute atomic E-state index is 0.0585. The van der Waals surface area contributed by atoms with Crippen molar-refractivity contribution in [3.8, 4) is 0 Å². The Bertz CT molecular complexity index is 861. The van der Waals surface area contributed by atoms with Gasteiger partial charge < -0.3 is 5.32 Å². The number of nitrogens with one attached hydrogen (secondary N) is 1. The summed E-state index contributed by atoms with van der Waals surface area (Å²) in [4.78, 5) is 11.4. The summed E-state index contributed by atoms with van der Waals surface area (Å²) in [6.07, 6.45) is 0. The zero-order valence-electron chi connectivity index (χ0n) is 11.2. The van der Waals surface area contributed by atoms with Gasteiger partial charge in [0, 0.05) is 11.8 Å². The largest absolute Gasteiger partial charge is 0.325 e. The molecule has 1 atom stereocenters. The van der Waals surface area contributed by atoms with E-state index in [4.69, 9.17) is 16.7 Å². The average Bonchev–Trinajstić information content (AvgIpc) is 2.89. The highest BCUT2D eigenvalue weighted by Gasteiger charge is 2.16. The van der Waals surface area contributed by atoms with Crippen LogP contribution in [-0.4, -0.2) is 18.5 Å². The second-order valence-corrected chi connectivity index (χ2v) is 9.20. The number of hydrogen-bond acceptors (Lipinski definition) is 5. The zero-order valence-corrected chi connectivity index (χ0v) is 14.4. The summed E-state index contributed by atoms with van der Waals surface area (Å²) in [6, 6.07) is 7.28. The first kappa shape index (κ1) is 17.1. The second kappa shape index (κ2) is 6.47. The lowest BCUT2D eigenvalue weighted by atomic mass is 10.3. The molecule has 1 amide bonds. The van der Waals surface area contributed by atoms with Gasteiger partial charge in [-0.25, -0.2) is 17.8 Å². The van der Waals surface area contributed by atoms with Crippen LogP contribution < -0.4 is 10.5 Å². The minimum Gasteiger partial charge on any atom is -0.325 e. The van der Waals surface area contributed by atoms with Crippen LogP contribution in [0.2, 0.25) is 5.02 Å². The molecule has 0 saturated heterocycles. The lowest BCUT2D eigenvalue weighted by Gasteiger charge is -2.06. The normalized spacial score (nSPS) is 12.9. The van der Waals surface area contributed by atoms with Gasteiger partial charge >= 0.3 is 0 Å². The molecule has 3 N–H and O–H groups in total. The monoisotopic (exact) mass is 378 g/mol. The van der Waals surface area contributed by atoms with Crippen molar-refractivity contribution in [3.05, 3.63) is 35.4 Å². The van der Waals surface area contributed by atoms with Crippen LogP contribution in [0.15, 0.2) is 43.6 Å². The Morgan fingerprint density at radius 2 is 2.00 bits per heavy atom. The first-order chi connectivity index (χ1) is 10.2. The number of rotatable bonds is 4. The number of amides is 1. The molecule has 0 bridgehead atoms. The Morgan fingerprint density at radius 3 is 2.50 bits per heavy atom. The van der Waals surface area contributed by atoms with Crippen molar-refractivity contribution in [1.29, 1.82) is 0 Å². The molecule has 10 heteroatoms. The fourth-order valence-electron chi connectivity index (χ4n) is 1.57. The van der Waals surface area contributed by atoms with Crippen molar-refractivity contribution in [1.82, 2.24) is 0 Å². The summed E-state index contributed by atoms with van der Waals surface area (Å²) < 4.78 is 35.2. The van der Waals surface area contributed by atoms with Crippen molar-refractivity contribution >= 4 is 55.4 Å². The third-order valence-corrected chi connectivity index (χ3v) is 7.00. The van der Waals surface area contributed by atoms with Crippen LogP contribution in [0, 0.1) is 0 Å². The maximum absolute atomic E-state index is 12.4. The second-order valence-electron chi connectivity index (χ2n) is 4.21. The molecule has 1 heterocycles. The van der Waals surface area contributed by atoms with Crippen molar-refractivity contribution in [2.75, 3.05) is 5.32 Å². The Balaban J connectivity index is 2.32. The van der Waals surface area contributed by atoms with E-state index < -0.39 is 20.8 Å². The highest BCUT2D eigenvalue weighted by molar-refractivity contribution is 7.92. The molecule has 0 radical (unpaired) electrons. The van der Waals surface area contributed by atoms with E-state index in [1.54, 1.807) is 6.07 Å². The van der Waals surface area contributed by atoms with Crippen molar-refractivity contribution in [2.45, 2.75) is 20.2 Å². The molecule has 118 valence electrons. The molecule has 0 spiro atoms. The van der Waals surface area contributed by atoms with Crippen LogP contribution in [-0.2, 0) is 25.6 Å². The Kier molecular flexibility index (Phi) is 5.03. The predicted octanol–water partition coefficient (Wildman–Crippen LogP) is 2.17. The molecule has 0 aliphatic heterocycles. The van der Waals surface area contributed by atoms with Gasteiger partial charge in [0.25, 0.3) is 0 Å². The van der Waals surface area contributed by atoms with Crippen molar-refractivity contribution in [2.24, 2.45) is 5.14 Å². The van der Waals surface area contributed by atoms with Crippen LogP contribution in [0.5, 0.6) is 0 Å². The fourth-order valence-corrected chi connectivity index (χ4v) is 5.19. The molecule has 6 nitrogen and oxygen atoms in total. The maximum Gasteiger partial charge on any atom is 0.247 e. The average molecular weight is 379 g/mol. The van der Waals surface area contributed by atoms with E-state index in [0.717, 1.165) is 11.3 Å². The molecule has 1 aromatic carbocycles. The number of carbonyl (C=O) groups excluding carboxylic acids is 1. The van der Waals surface area contributed by atoms with E-state index in [2.05, 4.69) is 5.32 Å². The van der Waals surface area contributed by atoms with Gasteiger partial charge in [-0.05, 0) is 30.3 Å². The quantitative estimate of drug-likeness (QED) is 0.850. The smallest absolute Gasteiger partial charge is 0.247 e. The number of thiophene rings is 1. The van der Waals surface area contributed by atoms with Gasteiger partial charge in [0.2, 0.25) is 15.9 Å². The van der Waals surface area contributed by atoms with Gasteiger partial charge in [0.05, 0.1) is 25.7 Å². The summed E-state index contributed by atoms with van der Waals surface area (Å²) in [6.45, 7) is 1.35. The number of primary sulfonamides is 1. The van der Waals surface area contributed by atoms with E-state index in [1.165, 1.54) is 31.2 Å². The van der Waals surface area contributed by atoms with Crippen molar-refractivity contribution < 1.29 is 17.4 Å². The van der Waals surface area contributed by atoms with Gasteiger partial charge in [-0.15, -0.1) is 11.3 Å². The van der Waals surface area contributed by atoms with E-state index in [9.17, 15) is 17.4 Å².